The second-order valence-corrected chi connectivity index (χ2v) is 5.43. The van der Waals surface area contributed by atoms with Gasteiger partial charge in [-0.3, -0.25) is 4.90 Å². The summed E-state index contributed by atoms with van der Waals surface area (Å²) in [6, 6.07) is 0.830. The number of piperidine rings is 1. The molecular weight excluding hydrogens is 200 g/mol. The molecule has 0 aliphatic carbocycles. The first-order valence-electron chi connectivity index (χ1n) is 6.72. The van der Waals surface area contributed by atoms with Crippen molar-refractivity contribution in [3.63, 3.8) is 0 Å². The third kappa shape index (κ3) is 3.44. The number of likely N-dealkylation sites (tertiary alicyclic amines) is 1. The van der Waals surface area contributed by atoms with Crippen molar-refractivity contribution in [2.24, 2.45) is 11.7 Å². The van der Waals surface area contributed by atoms with Crippen molar-refractivity contribution < 1.29 is 5.11 Å². The Morgan fingerprint density at radius 1 is 1.38 bits per heavy atom. The maximum atomic E-state index is 9.56. The Bertz CT molecular complexity index is 198. The van der Waals surface area contributed by atoms with E-state index < -0.39 is 0 Å². The third-order valence-electron chi connectivity index (χ3n) is 3.90. The van der Waals surface area contributed by atoms with Crippen LogP contribution in [0, 0.1) is 5.92 Å². The molecule has 1 saturated heterocycles. The largest absolute Gasteiger partial charge is 0.395 e. The lowest BCUT2D eigenvalue weighted by Gasteiger charge is -2.43. The Morgan fingerprint density at radius 2 is 2.06 bits per heavy atom. The number of aliphatic hydroxyl groups is 1. The quantitative estimate of drug-likeness (QED) is 0.751. The molecule has 1 aliphatic rings. The highest BCUT2D eigenvalue weighted by atomic mass is 16.3. The highest BCUT2D eigenvalue weighted by molar-refractivity contribution is 4.88. The fraction of sp³-hybridized carbons (Fsp3) is 1.00. The van der Waals surface area contributed by atoms with E-state index in [4.69, 9.17) is 5.73 Å². The molecule has 3 heteroatoms. The summed E-state index contributed by atoms with van der Waals surface area (Å²) >= 11 is 0. The van der Waals surface area contributed by atoms with Crippen LogP contribution in [0.5, 0.6) is 0 Å². The molecule has 0 aromatic carbocycles. The number of hydrogen-bond acceptors (Lipinski definition) is 3. The number of nitrogens with two attached hydrogens (primary N) is 1. The average molecular weight is 228 g/mol. The zero-order chi connectivity index (χ0) is 12.1. The number of hydrogen-bond donors (Lipinski definition) is 2. The summed E-state index contributed by atoms with van der Waals surface area (Å²) in [6.45, 7) is 7.98. The van der Waals surface area contributed by atoms with Crippen LogP contribution in [0.25, 0.3) is 0 Å². The fourth-order valence-electron chi connectivity index (χ4n) is 2.80. The van der Waals surface area contributed by atoms with Gasteiger partial charge in [-0.25, -0.2) is 0 Å². The van der Waals surface area contributed by atoms with E-state index in [0.717, 1.165) is 25.3 Å². The number of aliphatic hydroxyl groups excluding tert-OH is 1. The molecule has 4 unspecified atom stereocenters. The van der Waals surface area contributed by atoms with E-state index in [1.54, 1.807) is 0 Å². The average Bonchev–Trinajstić information content (AvgIpc) is 2.24. The second kappa shape index (κ2) is 6.58. The van der Waals surface area contributed by atoms with Crippen molar-refractivity contribution >= 4 is 0 Å². The van der Waals surface area contributed by atoms with Crippen LogP contribution in [0.3, 0.4) is 0 Å². The Morgan fingerprint density at radius 3 is 2.62 bits per heavy atom. The maximum absolute atomic E-state index is 9.56. The third-order valence-corrected chi connectivity index (χ3v) is 3.90. The molecular formula is C13H28N2O. The normalized spacial score (nSPS) is 31.3. The molecule has 3 N–H and O–H groups in total. The van der Waals surface area contributed by atoms with Crippen LogP contribution >= 0.6 is 0 Å². The molecule has 1 aliphatic heterocycles. The van der Waals surface area contributed by atoms with Gasteiger partial charge in [-0.15, -0.1) is 0 Å². The van der Waals surface area contributed by atoms with Gasteiger partial charge in [-0.2, -0.15) is 0 Å². The van der Waals surface area contributed by atoms with Gasteiger partial charge in [0, 0.05) is 24.7 Å². The Kier molecular flexibility index (Phi) is 5.73. The minimum atomic E-state index is 0.114. The van der Waals surface area contributed by atoms with E-state index in [-0.39, 0.29) is 18.7 Å². The standard InChI is InChI=1S/C13H28N2O/c1-4-5-12(14)13(9-16)15-8-10(2)6-7-11(15)3/h10-13,16H,4-9,14H2,1-3H3. The Labute approximate surface area is 100 Å². The van der Waals surface area contributed by atoms with Crippen LogP contribution < -0.4 is 5.73 Å². The molecule has 0 radical (unpaired) electrons. The summed E-state index contributed by atoms with van der Waals surface area (Å²) in [5, 5.41) is 9.56. The molecule has 3 nitrogen and oxygen atoms in total. The van der Waals surface area contributed by atoms with E-state index >= 15 is 0 Å². The molecule has 96 valence electrons. The molecule has 4 atom stereocenters. The smallest absolute Gasteiger partial charge is 0.0602 e. The van der Waals surface area contributed by atoms with Crippen LogP contribution in [0.15, 0.2) is 0 Å². The molecule has 0 amide bonds. The molecule has 0 aromatic rings. The summed E-state index contributed by atoms with van der Waals surface area (Å²) < 4.78 is 0. The predicted octanol–water partition coefficient (Wildman–Crippen LogP) is 1.60. The van der Waals surface area contributed by atoms with Gasteiger partial charge in [0.2, 0.25) is 0 Å². The van der Waals surface area contributed by atoms with Gasteiger partial charge < -0.3 is 10.8 Å². The van der Waals surface area contributed by atoms with Crippen LogP contribution in [0.2, 0.25) is 0 Å². The van der Waals surface area contributed by atoms with E-state index in [9.17, 15) is 5.11 Å². The van der Waals surface area contributed by atoms with Gasteiger partial charge in [0.15, 0.2) is 0 Å². The lowest BCUT2D eigenvalue weighted by molar-refractivity contribution is 0.0308. The van der Waals surface area contributed by atoms with Crippen LogP contribution in [-0.2, 0) is 0 Å². The van der Waals surface area contributed by atoms with Crippen molar-refractivity contribution in [1.82, 2.24) is 4.90 Å². The van der Waals surface area contributed by atoms with Gasteiger partial charge in [0.05, 0.1) is 6.61 Å². The summed E-state index contributed by atoms with van der Waals surface area (Å²) in [5.41, 5.74) is 6.18. The predicted molar refractivity (Wildman–Crippen MR) is 68.3 cm³/mol. The topological polar surface area (TPSA) is 49.5 Å². The van der Waals surface area contributed by atoms with Gasteiger partial charge in [0.25, 0.3) is 0 Å². The van der Waals surface area contributed by atoms with Crippen molar-refractivity contribution in [2.45, 2.75) is 64.6 Å². The molecule has 0 bridgehead atoms. The lowest BCUT2D eigenvalue weighted by atomic mass is 9.91. The van der Waals surface area contributed by atoms with Crippen LogP contribution in [0.4, 0.5) is 0 Å². The van der Waals surface area contributed by atoms with Gasteiger partial charge in [-0.05, 0) is 32.1 Å². The molecule has 0 spiro atoms. The first-order chi connectivity index (χ1) is 7.60. The van der Waals surface area contributed by atoms with E-state index in [2.05, 4.69) is 25.7 Å². The van der Waals surface area contributed by atoms with E-state index in [1.807, 2.05) is 0 Å². The lowest BCUT2D eigenvalue weighted by Crippen LogP contribution is -2.56. The SMILES string of the molecule is CCCC(N)C(CO)N1CC(C)CCC1C. The van der Waals surface area contributed by atoms with Gasteiger partial charge in [0.1, 0.15) is 0 Å². The zero-order valence-corrected chi connectivity index (χ0v) is 11.0. The maximum Gasteiger partial charge on any atom is 0.0602 e. The second-order valence-electron chi connectivity index (χ2n) is 5.43. The molecule has 1 fully saturated rings. The van der Waals surface area contributed by atoms with Crippen LogP contribution in [0.1, 0.15) is 46.5 Å². The minimum absolute atomic E-state index is 0.114. The summed E-state index contributed by atoms with van der Waals surface area (Å²) in [5.74, 6) is 0.735. The number of rotatable bonds is 5. The highest BCUT2D eigenvalue weighted by Gasteiger charge is 2.31. The van der Waals surface area contributed by atoms with Gasteiger partial charge >= 0.3 is 0 Å². The summed E-state index contributed by atoms with van der Waals surface area (Å²) in [4.78, 5) is 2.43. The zero-order valence-electron chi connectivity index (χ0n) is 11.0. The highest BCUT2D eigenvalue weighted by Crippen LogP contribution is 2.24. The van der Waals surface area contributed by atoms with Crippen LogP contribution in [-0.4, -0.2) is 41.3 Å². The van der Waals surface area contributed by atoms with Crippen molar-refractivity contribution in [3.05, 3.63) is 0 Å². The minimum Gasteiger partial charge on any atom is -0.395 e. The monoisotopic (exact) mass is 228 g/mol. The molecule has 0 aromatic heterocycles. The number of nitrogens with zero attached hydrogens (tertiary/aromatic N) is 1. The molecule has 1 heterocycles. The molecule has 0 saturated carbocycles. The Balaban J connectivity index is 2.62. The van der Waals surface area contributed by atoms with Gasteiger partial charge in [-0.1, -0.05) is 20.3 Å². The van der Waals surface area contributed by atoms with E-state index in [0.29, 0.717) is 6.04 Å². The van der Waals surface area contributed by atoms with Crippen molar-refractivity contribution in [1.29, 1.82) is 0 Å². The first-order valence-corrected chi connectivity index (χ1v) is 6.72. The fourth-order valence-corrected chi connectivity index (χ4v) is 2.80. The Hall–Kier alpha value is -0.120. The molecule has 1 rings (SSSR count). The molecule has 16 heavy (non-hydrogen) atoms. The summed E-state index contributed by atoms with van der Waals surface area (Å²) in [7, 11) is 0. The van der Waals surface area contributed by atoms with E-state index in [1.165, 1.54) is 12.8 Å². The van der Waals surface area contributed by atoms with Crippen molar-refractivity contribution in [3.8, 4) is 0 Å². The first kappa shape index (κ1) is 13.9. The summed E-state index contributed by atoms with van der Waals surface area (Å²) in [6.07, 6.45) is 4.63. The van der Waals surface area contributed by atoms with Crippen molar-refractivity contribution in [2.75, 3.05) is 13.2 Å².